The Hall–Kier alpha value is -2.34. The number of aromatic hydroxyl groups is 1. The fourth-order valence-corrected chi connectivity index (χ4v) is 3.44. The van der Waals surface area contributed by atoms with Gasteiger partial charge in [-0.15, -0.1) is 0 Å². The summed E-state index contributed by atoms with van der Waals surface area (Å²) in [6, 6.07) is 13.9. The van der Waals surface area contributed by atoms with Gasteiger partial charge >= 0.3 is 88.1 Å². The summed E-state index contributed by atoms with van der Waals surface area (Å²) in [5, 5.41) is 11.7. The maximum absolute atomic E-state index is 11.0. The zero-order chi connectivity index (χ0) is 19.7. The molecule has 8 heteroatoms. The van der Waals surface area contributed by atoms with E-state index in [-0.39, 0.29) is 11.5 Å². The minimum absolute atomic E-state index is 0.00951. The number of carbonyl (C=O) groups excluding carboxylic acids is 2. The first-order valence-electron chi connectivity index (χ1n) is 7.80. The molecular weight excluding hydrogens is 401 g/mol. The van der Waals surface area contributed by atoms with Crippen molar-refractivity contribution in [2.45, 2.75) is 26.7 Å². The van der Waals surface area contributed by atoms with Gasteiger partial charge in [0, 0.05) is 6.42 Å². The molecule has 0 fully saturated rings. The molecule has 2 aromatic rings. The summed E-state index contributed by atoms with van der Waals surface area (Å²) >= 11 is -5.15. The van der Waals surface area contributed by atoms with Gasteiger partial charge in [-0.2, -0.15) is 0 Å². The third-order valence-corrected chi connectivity index (χ3v) is 5.32. The van der Waals surface area contributed by atoms with Crippen molar-refractivity contribution in [2.75, 3.05) is 5.32 Å². The summed E-state index contributed by atoms with van der Waals surface area (Å²) in [5.74, 6) is -0.755. The normalized spacial score (nSPS) is 10.5. The van der Waals surface area contributed by atoms with Crippen molar-refractivity contribution in [2.24, 2.45) is 0 Å². The average molecular weight is 423 g/mol. The van der Waals surface area contributed by atoms with Crippen LogP contribution in [0.4, 0.5) is 5.69 Å². The molecule has 0 aliphatic carbocycles. The molecule has 0 aliphatic rings. The molecule has 0 aromatic heterocycles. The van der Waals surface area contributed by atoms with Crippen LogP contribution in [0.3, 0.4) is 0 Å². The SMILES string of the molecule is CC(=O)CCc1ccccc1.CC(=O)Nc1cccc([As](=O)(O)O)c1O. The molecule has 7 nitrogen and oxygen atoms in total. The van der Waals surface area contributed by atoms with Crippen molar-refractivity contribution in [1.29, 1.82) is 0 Å². The first-order chi connectivity index (χ1) is 12.1. The number of Topliss-reactive ketones (excluding diaryl/α,β-unsaturated/α-hetero) is 1. The average Bonchev–Trinajstić information content (AvgIpc) is 2.55. The molecule has 0 saturated heterocycles. The Morgan fingerprint density at radius 1 is 1.00 bits per heavy atom. The van der Waals surface area contributed by atoms with Gasteiger partial charge in [-0.1, -0.05) is 30.3 Å². The van der Waals surface area contributed by atoms with Crippen LogP contribution in [0.1, 0.15) is 25.8 Å². The first-order valence-corrected chi connectivity index (χ1v) is 11.2. The first kappa shape index (κ1) is 21.7. The number of phenolic OH excluding ortho intramolecular Hbond substituents is 1. The van der Waals surface area contributed by atoms with E-state index in [1.807, 2.05) is 30.3 Å². The van der Waals surface area contributed by atoms with Crippen molar-refractivity contribution in [3.8, 4) is 5.75 Å². The van der Waals surface area contributed by atoms with Crippen LogP contribution in [-0.4, -0.2) is 39.2 Å². The summed E-state index contributed by atoms with van der Waals surface area (Å²) < 4.78 is 28.4. The van der Waals surface area contributed by atoms with E-state index in [1.165, 1.54) is 24.6 Å². The van der Waals surface area contributed by atoms with E-state index in [4.69, 9.17) is 8.19 Å². The van der Waals surface area contributed by atoms with Gasteiger partial charge in [-0.05, 0) is 18.9 Å². The van der Waals surface area contributed by atoms with Crippen LogP contribution in [0, 0.1) is 0 Å². The van der Waals surface area contributed by atoms with Crippen molar-refractivity contribution in [3.63, 3.8) is 0 Å². The third kappa shape index (κ3) is 7.69. The zero-order valence-electron chi connectivity index (χ0n) is 14.5. The number of para-hydroxylation sites is 1. The number of hydrogen-bond donors (Lipinski definition) is 4. The fraction of sp³-hybridized carbons (Fsp3) is 0.222. The van der Waals surface area contributed by atoms with Crippen molar-refractivity contribution >= 4 is 35.9 Å². The number of amides is 1. The Bertz CT molecular complexity index is 801. The van der Waals surface area contributed by atoms with Crippen LogP contribution < -0.4 is 9.67 Å². The van der Waals surface area contributed by atoms with Crippen LogP contribution in [0.25, 0.3) is 0 Å². The summed E-state index contributed by atoms with van der Waals surface area (Å²) in [6.07, 6.45) is 1.53. The van der Waals surface area contributed by atoms with E-state index in [0.29, 0.717) is 6.42 Å². The van der Waals surface area contributed by atoms with Crippen molar-refractivity contribution in [3.05, 3.63) is 54.1 Å². The molecule has 4 N–H and O–H groups in total. The number of phenols is 1. The molecule has 0 saturated carbocycles. The third-order valence-electron chi connectivity index (χ3n) is 3.25. The molecule has 0 atom stereocenters. The van der Waals surface area contributed by atoms with Gasteiger partial charge in [-0.3, -0.25) is 0 Å². The molecular formula is C18H22AsNO6. The zero-order valence-corrected chi connectivity index (χ0v) is 16.4. The molecule has 0 bridgehead atoms. The Labute approximate surface area is 154 Å². The number of aryl methyl sites for hydroxylation is 1. The Morgan fingerprint density at radius 3 is 2.12 bits per heavy atom. The number of ketones is 1. The van der Waals surface area contributed by atoms with E-state index < -0.39 is 30.2 Å². The molecule has 0 heterocycles. The van der Waals surface area contributed by atoms with E-state index in [1.54, 1.807) is 6.92 Å². The van der Waals surface area contributed by atoms with Gasteiger partial charge < -0.3 is 4.79 Å². The van der Waals surface area contributed by atoms with Gasteiger partial charge in [-0.25, -0.2) is 0 Å². The minimum atomic E-state index is -5.15. The van der Waals surface area contributed by atoms with Crippen LogP contribution in [0.2, 0.25) is 0 Å². The summed E-state index contributed by atoms with van der Waals surface area (Å²) in [7, 11) is 0. The van der Waals surface area contributed by atoms with Gasteiger partial charge in [0.25, 0.3) is 0 Å². The topological polar surface area (TPSA) is 124 Å². The second-order valence-corrected chi connectivity index (χ2v) is 8.88. The standard InChI is InChI=1S/C10H12O.C8H10AsNO5/c1-9(11)7-8-10-5-3-2-4-6-10;1-5(11)10-7-4-2-3-6(8(7)12)9(13,14)15/h2-6H,7-8H2,1H3;2-4,12H,1H3,(H,10,11)(H2,13,14,15). The van der Waals surface area contributed by atoms with Crippen LogP contribution >= 0.6 is 0 Å². The van der Waals surface area contributed by atoms with Crippen LogP contribution in [0.5, 0.6) is 5.75 Å². The molecule has 0 spiro atoms. The summed E-state index contributed by atoms with van der Waals surface area (Å²) in [4.78, 5) is 21.3. The number of hydrogen-bond acceptors (Lipinski definition) is 4. The van der Waals surface area contributed by atoms with Gasteiger partial charge in [0.2, 0.25) is 0 Å². The van der Waals surface area contributed by atoms with Gasteiger partial charge in [0.15, 0.2) is 0 Å². The quantitative estimate of drug-likeness (QED) is 0.422. The van der Waals surface area contributed by atoms with Gasteiger partial charge in [0.05, 0.1) is 0 Å². The predicted octanol–water partition coefficient (Wildman–Crippen LogP) is 1.12. The second-order valence-electron chi connectivity index (χ2n) is 5.59. The molecule has 2 aromatic carbocycles. The number of benzene rings is 2. The number of rotatable bonds is 5. The molecule has 1 amide bonds. The summed E-state index contributed by atoms with van der Waals surface area (Å²) in [6.45, 7) is 2.86. The molecule has 140 valence electrons. The van der Waals surface area contributed by atoms with Crippen LogP contribution in [0.15, 0.2) is 48.5 Å². The molecule has 2 rings (SSSR count). The second kappa shape index (κ2) is 9.97. The van der Waals surface area contributed by atoms with Crippen LogP contribution in [-0.2, 0) is 19.7 Å². The number of anilines is 1. The molecule has 0 aliphatic heterocycles. The maximum atomic E-state index is 11.0. The molecule has 26 heavy (non-hydrogen) atoms. The van der Waals surface area contributed by atoms with Crippen molar-refractivity contribution in [1.82, 2.24) is 0 Å². The van der Waals surface area contributed by atoms with Crippen molar-refractivity contribution < 1.29 is 26.6 Å². The summed E-state index contributed by atoms with van der Waals surface area (Å²) in [5.41, 5.74) is 1.23. The van der Waals surface area contributed by atoms with E-state index in [2.05, 4.69) is 5.32 Å². The number of carbonyl (C=O) groups is 2. The van der Waals surface area contributed by atoms with E-state index >= 15 is 0 Å². The molecule has 0 unspecified atom stereocenters. The van der Waals surface area contributed by atoms with E-state index in [0.717, 1.165) is 12.5 Å². The Kier molecular flexibility index (Phi) is 8.32. The Morgan fingerprint density at radius 2 is 1.62 bits per heavy atom. The predicted molar refractivity (Wildman–Crippen MR) is 98.4 cm³/mol. The van der Waals surface area contributed by atoms with Gasteiger partial charge in [0.1, 0.15) is 5.78 Å². The fourth-order valence-electron chi connectivity index (χ4n) is 2.02. The monoisotopic (exact) mass is 423 g/mol. The number of nitrogens with one attached hydrogen (secondary N) is 1. The molecule has 0 radical (unpaired) electrons. The Balaban J connectivity index is 0.000000273. The van der Waals surface area contributed by atoms with E-state index in [9.17, 15) is 18.4 Å².